The molecule has 0 saturated carbocycles. The topological polar surface area (TPSA) is 30.8 Å². The van der Waals surface area contributed by atoms with Crippen LogP contribution in [0.3, 0.4) is 0 Å². The van der Waals surface area contributed by atoms with E-state index in [0.717, 1.165) is 44.6 Å². The van der Waals surface area contributed by atoms with Crippen LogP contribution >= 0.6 is 0 Å². The summed E-state index contributed by atoms with van der Waals surface area (Å²) in [7, 11) is 3.39. The third-order valence-electron chi connectivity index (χ3n) is 5.97. The van der Waals surface area contributed by atoms with Crippen molar-refractivity contribution in [3.63, 3.8) is 0 Å². The van der Waals surface area contributed by atoms with Gasteiger partial charge in [-0.2, -0.15) is 0 Å². The molecule has 0 aromatic heterocycles. The average Bonchev–Trinajstić information content (AvgIpc) is 2.90. The summed E-state index contributed by atoms with van der Waals surface area (Å²) in [6.07, 6.45) is 5.83. The van der Waals surface area contributed by atoms with Gasteiger partial charge in [-0.05, 0) is 57.4 Å². The Morgan fingerprint density at radius 2 is 1.26 bits per heavy atom. The summed E-state index contributed by atoms with van der Waals surface area (Å²) in [6, 6.07) is 33.1. The van der Waals surface area contributed by atoms with Crippen molar-refractivity contribution in [2.45, 2.75) is 0 Å². The smallest absolute Gasteiger partial charge is 0.127 e. The number of hydrogen-bond acceptors (Lipinski definition) is 3. The normalized spacial score (nSPS) is 11.6. The first-order valence-corrected chi connectivity index (χ1v) is 11.2. The standard InChI is InChI=1S/C31H25NO2/c1-33-25-17-13-22(14-18-25)8-7-21-32-28-19-15-23-9-3-5-11-26(23)30(28)31-27-12-6-4-10-24(27)16-20-29(31)34-2/h3-21H,1-2H3/b8-7+,32-21?. The van der Waals surface area contributed by atoms with Gasteiger partial charge in [0.1, 0.15) is 11.5 Å². The lowest BCUT2D eigenvalue weighted by molar-refractivity contribution is 0.415. The molecule has 0 bridgehead atoms. The van der Waals surface area contributed by atoms with Crippen LogP contribution in [-0.4, -0.2) is 20.4 Å². The summed E-state index contributed by atoms with van der Waals surface area (Å²) in [5.74, 6) is 1.68. The van der Waals surface area contributed by atoms with E-state index in [0.29, 0.717) is 0 Å². The van der Waals surface area contributed by atoms with Crippen molar-refractivity contribution < 1.29 is 9.47 Å². The first-order chi connectivity index (χ1) is 16.8. The third-order valence-corrected chi connectivity index (χ3v) is 5.97. The van der Waals surface area contributed by atoms with Crippen molar-refractivity contribution in [3.8, 4) is 22.6 Å². The summed E-state index contributed by atoms with van der Waals surface area (Å²) in [4.78, 5) is 4.87. The number of aliphatic imine (C=N–C) groups is 1. The maximum Gasteiger partial charge on any atom is 0.127 e. The Kier molecular flexibility index (Phi) is 6.09. The van der Waals surface area contributed by atoms with Gasteiger partial charge in [0.05, 0.1) is 19.9 Å². The quantitative estimate of drug-likeness (QED) is 0.248. The van der Waals surface area contributed by atoms with E-state index in [4.69, 9.17) is 14.5 Å². The molecule has 0 unspecified atom stereocenters. The zero-order chi connectivity index (χ0) is 23.3. The fraction of sp³-hybridized carbons (Fsp3) is 0.0645. The molecule has 5 aromatic carbocycles. The Labute approximate surface area is 199 Å². The van der Waals surface area contributed by atoms with Gasteiger partial charge in [0.2, 0.25) is 0 Å². The van der Waals surface area contributed by atoms with Crippen molar-refractivity contribution >= 4 is 39.5 Å². The van der Waals surface area contributed by atoms with Crippen LogP contribution in [0.4, 0.5) is 5.69 Å². The minimum atomic E-state index is 0.834. The molecule has 0 fully saturated rings. The number of methoxy groups -OCH3 is 2. The van der Waals surface area contributed by atoms with Gasteiger partial charge in [-0.1, -0.05) is 78.9 Å². The molecule has 0 radical (unpaired) electrons. The summed E-state index contributed by atoms with van der Waals surface area (Å²) in [5.41, 5.74) is 4.11. The lowest BCUT2D eigenvalue weighted by Gasteiger charge is -2.16. The second-order valence-electron chi connectivity index (χ2n) is 7.96. The minimum absolute atomic E-state index is 0.834. The molecule has 5 rings (SSSR count). The maximum absolute atomic E-state index is 5.84. The fourth-order valence-corrected chi connectivity index (χ4v) is 4.30. The van der Waals surface area contributed by atoms with Crippen molar-refractivity contribution in [3.05, 3.63) is 109 Å². The zero-order valence-corrected chi connectivity index (χ0v) is 19.2. The number of allylic oxidation sites excluding steroid dienone is 1. The molecule has 166 valence electrons. The number of fused-ring (bicyclic) bond motifs is 2. The van der Waals surface area contributed by atoms with Crippen LogP contribution in [0.1, 0.15) is 5.56 Å². The van der Waals surface area contributed by atoms with Crippen molar-refractivity contribution in [1.82, 2.24) is 0 Å². The number of ether oxygens (including phenoxy) is 2. The molecule has 0 atom stereocenters. The summed E-state index contributed by atoms with van der Waals surface area (Å²) in [5, 5.41) is 4.62. The van der Waals surface area contributed by atoms with Gasteiger partial charge < -0.3 is 9.47 Å². The van der Waals surface area contributed by atoms with Crippen LogP contribution in [-0.2, 0) is 0 Å². The van der Waals surface area contributed by atoms with Gasteiger partial charge in [0.15, 0.2) is 0 Å². The molecule has 0 saturated heterocycles. The maximum atomic E-state index is 5.84. The Hall–Kier alpha value is -4.37. The molecule has 0 aliphatic heterocycles. The Bertz CT molecular complexity index is 1510. The molecule has 0 heterocycles. The SMILES string of the molecule is COc1ccc(/C=C/C=Nc2ccc3ccccc3c2-c2c(OC)ccc3ccccc23)cc1. The molecule has 0 aliphatic rings. The number of hydrogen-bond donors (Lipinski definition) is 0. The number of rotatable bonds is 6. The Morgan fingerprint density at radius 3 is 1.94 bits per heavy atom. The van der Waals surface area contributed by atoms with Gasteiger partial charge in [0.25, 0.3) is 0 Å². The molecule has 3 nitrogen and oxygen atoms in total. The molecule has 3 heteroatoms. The van der Waals surface area contributed by atoms with Gasteiger partial charge in [-0.3, -0.25) is 4.99 Å². The predicted octanol–water partition coefficient (Wildman–Crippen LogP) is 8.09. The first-order valence-electron chi connectivity index (χ1n) is 11.2. The molecule has 34 heavy (non-hydrogen) atoms. The number of nitrogens with zero attached hydrogens (tertiary/aromatic N) is 1. The van der Waals surface area contributed by atoms with E-state index in [-0.39, 0.29) is 0 Å². The van der Waals surface area contributed by atoms with E-state index in [1.807, 2.05) is 48.7 Å². The summed E-state index contributed by atoms with van der Waals surface area (Å²) in [6.45, 7) is 0. The lowest BCUT2D eigenvalue weighted by Crippen LogP contribution is -1.92. The second kappa shape index (κ2) is 9.63. The summed E-state index contributed by atoms with van der Waals surface area (Å²) < 4.78 is 11.1. The second-order valence-corrected chi connectivity index (χ2v) is 7.96. The predicted molar refractivity (Wildman–Crippen MR) is 144 cm³/mol. The lowest BCUT2D eigenvalue weighted by atomic mass is 9.91. The third kappa shape index (κ3) is 4.16. The average molecular weight is 444 g/mol. The molecular weight excluding hydrogens is 418 g/mol. The first kappa shape index (κ1) is 21.5. The van der Waals surface area contributed by atoms with E-state index in [2.05, 4.69) is 66.7 Å². The molecule has 0 spiro atoms. The van der Waals surface area contributed by atoms with E-state index in [1.54, 1.807) is 14.2 Å². The molecule has 0 amide bonds. The van der Waals surface area contributed by atoms with E-state index < -0.39 is 0 Å². The summed E-state index contributed by atoms with van der Waals surface area (Å²) >= 11 is 0. The molecule has 5 aromatic rings. The minimum Gasteiger partial charge on any atom is -0.497 e. The van der Waals surface area contributed by atoms with Gasteiger partial charge in [0, 0.05) is 17.3 Å². The van der Waals surface area contributed by atoms with Gasteiger partial charge in [-0.15, -0.1) is 0 Å². The highest BCUT2D eigenvalue weighted by Gasteiger charge is 2.17. The zero-order valence-electron chi connectivity index (χ0n) is 19.2. The van der Waals surface area contributed by atoms with Crippen LogP contribution in [0, 0.1) is 0 Å². The highest BCUT2D eigenvalue weighted by atomic mass is 16.5. The van der Waals surface area contributed by atoms with Crippen LogP contribution in [0.2, 0.25) is 0 Å². The van der Waals surface area contributed by atoms with Crippen LogP contribution in [0.5, 0.6) is 11.5 Å². The van der Waals surface area contributed by atoms with Crippen molar-refractivity contribution in [1.29, 1.82) is 0 Å². The van der Waals surface area contributed by atoms with Crippen molar-refractivity contribution in [2.75, 3.05) is 14.2 Å². The van der Waals surface area contributed by atoms with E-state index in [1.165, 1.54) is 10.8 Å². The Balaban J connectivity index is 1.64. The monoisotopic (exact) mass is 443 g/mol. The fourth-order valence-electron chi connectivity index (χ4n) is 4.30. The number of benzene rings is 5. The van der Waals surface area contributed by atoms with E-state index in [9.17, 15) is 0 Å². The van der Waals surface area contributed by atoms with Crippen LogP contribution in [0.25, 0.3) is 38.7 Å². The van der Waals surface area contributed by atoms with Crippen LogP contribution < -0.4 is 9.47 Å². The largest absolute Gasteiger partial charge is 0.497 e. The van der Waals surface area contributed by atoms with Crippen LogP contribution in [0.15, 0.2) is 108 Å². The highest BCUT2D eigenvalue weighted by molar-refractivity contribution is 6.11. The molecule has 0 aliphatic carbocycles. The highest BCUT2D eigenvalue weighted by Crippen LogP contribution is 2.45. The van der Waals surface area contributed by atoms with Crippen molar-refractivity contribution in [2.24, 2.45) is 4.99 Å². The van der Waals surface area contributed by atoms with Gasteiger partial charge in [-0.25, -0.2) is 0 Å². The van der Waals surface area contributed by atoms with E-state index >= 15 is 0 Å². The van der Waals surface area contributed by atoms with Gasteiger partial charge >= 0.3 is 0 Å². The Morgan fingerprint density at radius 1 is 0.618 bits per heavy atom. The molecular formula is C31H25NO2. The molecule has 0 N–H and O–H groups in total.